The second-order valence-corrected chi connectivity index (χ2v) is 6.40. The molecule has 0 bridgehead atoms. The molecule has 2 rings (SSSR count). The van der Waals surface area contributed by atoms with Crippen molar-refractivity contribution < 1.29 is 23.9 Å². The van der Waals surface area contributed by atoms with Crippen LogP contribution in [0.3, 0.4) is 0 Å². The number of ether oxygens (including phenoxy) is 2. The Balaban J connectivity index is 2.43. The molecule has 0 fully saturated rings. The van der Waals surface area contributed by atoms with Crippen LogP contribution in [0.4, 0.5) is 5.69 Å². The zero-order valence-corrected chi connectivity index (χ0v) is 17.3. The molecule has 9 nitrogen and oxygen atoms in total. The van der Waals surface area contributed by atoms with E-state index in [0.29, 0.717) is 12.1 Å². The maximum atomic E-state index is 13.0. The van der Waals surface area contributed by atoms with E-state index in [0.717, 1.165) is 15.8 Å². The topological polar surface area (TPSA) is 112 Å². The van der Waals surface area contributed by atoms with Gasteiger partial charge in [-0.05, 0) is 51.3 Å². The third-order valence-electron chi connectivity index (χ3n) is 4.27. The van der Waals surface area contributed by atoms with Crippen LogP contribution in [0.25, 0.3) is 0 Å². The van der Waals surface area contributed by atoms with Gasteiger partial charge in [0, 0.05) is 5.69 Å². The van der Waals surface area contributed by atoms with E-state index < -0.39 is 18.0 Å². The number of rotatable bonds is 8. The van der Waals surface area contributed by atoms with Crippen LogP contribution in [0.2, 0.25) is 0 Å². The van der Waals surface area contributed by atoms with Crippen molar-refractivity contribution in [2.24, 2.45) is 0 Å². The molecule has 1 amide bonds. The SMILES string of the molecule is CCOC(=O)c1nnn([C@@H](CC)C(=O)Nc2cc(C)ccc2C)c1C(=O)OCC. The minimum Gasteiger partial charge on any atom is -0.461 e. The highest BCUT2D eigenvalue weighted by Gasteiger charge is 2.33. The number of anilines is 1. The molecule has 2 aromatic rings. The first-order chi connectivity index (χ1) is 13.8. The number of benzene rings is 1. The molecular formula is C20H26N4O5. The van der Waals surface area contributed by atoms with Gasteiger partial charge in [0.2, 0.25) is 11.6 Å². The number of nitrogens with zero attached hydrogens (tertiary/aromatic N) is 3. The van der Waals surface area contributed by atoms with Crippen molar-refractivity contribution in [1.29, 1.82) is 0 Å². The molecule has 29 heavy (non-hydrogen) atoms. The van der Waals surface area contributed by atoms with Gasteiger partial charge >= 0.3 is 11.9 Å². The summed E-state index contributed by atoms with van der Waals surface area (Å²) in [7, 11) is 0. The smallest absolute Gasteiger partial charge is 0.361 e. The molecule has 1 aromatic heterocycles. The number of carbonyl (C=O) groups is 3. The average molecular weight is 402 g/mol. The third-order valence-corrected chi connectivity index (χ3v) is 4.27. The maximum Gasteiger partial charge on any atom is 0.361 e. The Kier molecular flexibility index (Phi) is 7.46. The van der Waals surface area contributed by atoms with E-state index >= 15 is 0 Å². The van der Waals surface area contributed by atoms with Gasteiger partial charge in [0.25, 0.3) is 0 Å². The molecule has 0 aliphatic carbocycles. The van der Waals surface area contributed by atoms with Crippen molar-refractivity contribution >= 4 is 23.5 Å². The fraction of sp³-hybridized carbons (Fsp3) is 0.450. The van der Waals surface area contributed by atoms with Gasteiger partial charge in [0.1, 0.15) is 6.04 Å². The first-order valence-corrected chi connectivity index (χ1v) is 9.51. The minimum absolute atomic E-state index is 0.0950. The van der Waals surface area contributed by atoms with Crippen molar-refractivity contribution in [2.75, 3.05) is 18.5 Å². The molecule has 0 spiro atoms. The van der Waals surface area contributed by atoms with E-state index in [1.807, 2.05) is 32.0 Å². The minimum atomic E-state index is -0.870. The van der Waals surface area contributed by atoms with Gasteiger partial charge in [-0.15, -0.1) is 5.10 Å². The number of aryl methyl sites for hydroxylation is 2. The van der Waals surface area contributed by atoms with E-state index in [1.54, 1.807) is 20.8 Å². The molecule has 9 heteroatoms. The highest BCUT2D eigenvalue weighted by atomic mass is 16.5. The summed E-state index contributed by atoms with van der Waals surface area (Å²) in [6, 6.07) is 4.84. The molecule has 0 unspecified atom stereocenters. The number of hydrogen-bond donors (Lipinski definition) is 1. The highest BCUT2D eigenvalue weighted by Crippen LogP contribution is 2.22. The molecule has 0 saturated carbocycles. The van der Waals surface area contributed by atoms with E-state index in [1.165, 1.54) is 0 Å². The summed E-state index contributed by atoms with van der Waals surface area (Å²) in [4.78, 5) is 37.7. The molecule has 0 saturated heterocycles. The van der Waals surface area contributed by atoms with Gasteiger partial charge in [-0.1, -0.05) is 24.3 Å². The number of hydrogen-bond acceptors (Lipinski definition) is 7. The van der Waals surface area contributed by atoms with Crippen LogP contribution in [0.5, 0.6) is 0 Å². The van der Waals surface area contributed by atoms with Crippen LogP contribution in [-0.4, -0.2) is 46.1 Å². The normalized spacial score (nSPS) is 11.6. The molecule has 0 aliphatic rings. The summed E-state index contributed by atoms with van der Waals surface area (Å²) in [6.07, 6.45) is 0.314. The van der Waals surface area contributed by atoms with Crippen molar-refractivity contribution in [2.45, 2.75) is 47.1 Å². The van der Waals surface area contributed by atoms with Gasteiger partial charge in [0.15, 0.2) is 5.69 Å². The number of nitrogens with one attached hydrogen (secondary N) is 1. The molecule has 156 valence electrons. The highest BCUT2D eigenvalue weighted by molar-refractivity contribution is 6.01. The number of amides is 1. The monoisotopic (exact) mass is 402 g/mol. The van der Waals surface area contributed by atoms with Crippen molar-refractivity contribution in [3.63, 3.8) is 0 Å². The largest absolute Gasteiger partial charge is 0.461 e. The lowest BCUT2D eigenvalue weighted by Crippen LogP contribution is -2.30. The van der Waals surface area contributed by atoms with Crippen LogP contribution >= 0.6 is 0 Å². The molecule has 1 N–H and O–H groups in total. The van der Waals surface area contributed by atoms with Crippen molar-refractivity contribution in [3.8, 4) is 0 Å². The molecule has 0 aliphatic heterocycles. The Morgan fingerprint density at radius 2 is 1.72 bits per heavy atom. The fourth-order valence-electron chi connectivity index (χ4n) is 2.79. The average Bonchev–Trinajstić information content (AvgIpc) is 3.10. The molecule has 1 aromatic carbocycles. The van der Waals surface area contributed by atoms with Crippen LogP contribution in [0.15, 0.2) is 18.2 Å². The van der Waals surface area contributed by atoms with Crippen LogP contribution in [-0.2, 0) is 14.3 Å². The van der Waals surface area contributed by atoms with E-state index in [-0.39, 0.29) is 30.5 Å². The summed E-state index contributed by atoms with van der Waals surface area (Å²) in [5.41, 5.74) is 2.08. The summed E-state index contributed by atoms with van der Waals surface area (Å²) in [5.74, 6) is -1.97. The van der Waals surface area contributed by atoms with Crippen molar-refractivity contribution in [1.82, 2.24) is 15.0 Å². The summed E-state index contributed by atoms with van der Waals surface area (Å²) in [5, 5.41) is 10.6. The summed E-state index contributed by atoms with van der Waals surface area (Å²) in [6.45, 7) is 9.06. The molecule has 0 radical (unpaired) electrons. The Morgan fingerprint density at radius 1 is 1.07 bits per heavy atom. The lowest BCUT2D eigenvalue weighted by Gasteiger charge is -2.18. The zero-order chi connectivity index (χ0) is 21.6. The van der Waals surface area contributed by atoms with Gasteiger partial charge in [-0.3, -0.25) is 4.79 Å². The van der Waals surface area contributed by atoms with E-state index in [9.17, 15) is 14.4 Å². The second kappa shape index (κ2) is 9.81. The van der Waals surface area contributed by atoms with Gasteiger partial charge in [-0.2, -0.15) is 0 Å². The lowest BCUT2D eigenvalue weighted by atomic mass is 10.1. The van der Waals surface area contributed by atoms with Gasteiger partial charge in [0.05, 0.1) is 13.2 Å². The Bertz CT molecular complexity index is 906. The standard InChI is InChI=1S/C20H26N4O5/c1-6-15(18(25)21-14-11-12(4)9-10-13(14)5)24-17(20(27)29-8-3)16(22-23-24)19(26)28-7-2/h9-11,15H,6-8H2,1-5H3,(H,21,25)/t15-/m0/s1. The number of carbonyl (C=O) groups excluding carboxylic acids is 3. The van der Waals surface area contributed by atoms with Crippen LogP contribution in [0.1, 0.15) is 65.3 Å². The predicted molar refractivity (Wildman–Crippen MR) is 106 cm³/mol. The molecular weight excluding hydrogens is 376 g/mol. The fourth-order valence-corrected chi connectivity index (χ4v) is 2.79. The Morgan fingerprint density at radius 3 is 2.34 bits per heavy atom. The first kappa shape index (κ1) is 22.1. The maximum absolute atomic E-state index is 13.0. The van der Waals surface area contributed by atoms with Gasteiger partial charge in [-0.25, -0.2) is 14.3 Å². The van der Waals surface area contributed by atoms with Crippen molar-refractivity contribution in [3.05, 3.63) is 40.7 Å². The predicted octanol–water partition coefficient (Wildman–Crippen LogP) is 2.84. The van der Waals surface area contributed by atoms with Crippen LogP contribution in [0, 0.1) is 13.8 Å². The zero-order valence-electron chi connectivity index (χ0n) is 17.3. The summed E-state index contributed by atoms with van der Waals surface area (Å²) >= 11 is 0. The quantitative estimate of drug-likeness (QED) is 0.676. The Labute approximate surface area is 169 Å². The second-order valence-electron chi connectivity index (χ2n) is 6.40. The van der Waals surface area contributed by atoms with Gasteiger partial charge < -0.3 is 14.8 Å². The first-order valence-electron chi connectivity index (χ1n) is 9.51. The third kappa shape index (κ3) is 4.98. The number of aromatic nitrogens is 3. The Hall–Kier alpha value is -3.23. The van der Waals surface area contributed by atoms with E-state index in [4.69, 9.17) is 9.47 Å². The lowest BCUT2D eigenvalue weighted by molar-refractivity contribution is -0.119. The summed E-state index contributed by atoms with van der Waals surface area (Å²) < 4.78 is 11.1. The number of esters is 2. The van der Waals surface area contributed by atoms with E-state index in [2.05, 4.69) is 15.6 Å². The molecule has 1 atom stereocenters. The van der Waals surface area contributed by atoms with Crippen LogP contribution < -0.4 is 5.32 Å². The molecule has 1 heterocycles.